The van der Waals surface area contributed by atoms with Crippen LogP contribution in [0.4, 0.5) is 11.4 Å². The SMILES string of the molecule is COc1cc(NCCCCCCC(=O)NC(C)C(C)(C)C)ccc1NC=O. The van der Waals surface area contributed by atoms with Crippen LogP contribution in [0.25, 0.3) is 0 Å². The van der Waals surface area contributed by atoms with Crippen molar-refractivity contribution in [3.05, 3.63) is 18.2 Å². The third-order valence-electron chi connectivity index (χ3n) is 4.75. The van der Waals surface area contributed by atoms with Crippen molar-refractivity contribution in [2.45, 2.75) is 65.8 Å². The lowest BCUT2D eigenvalue weighted by molar-refractivity contribution is -0.122. The van der Waals surface area contributed by atoms with Gasteiger partial charge in [0.1, 0.15) is 5.75 Å². The number of amides is 2. The molecule has 1 rings (SSSR count). The molecule has 6 heteroatoms. The lowest BCUT2D eigenvalue weighted by Crippen LogP contribution is -2.41. The third kappa shape index (κ3) is 8.80. The average molecular weight is 378 g/mol. The van der Waals surface area contributed by atoms with Gasteiger partial charge in [0.25, 0.3) is 0 Å². The van der Waals surface area contributed by atoms with Crippen LogP contribution >= 0.6 is 0 Å². The van der Waals surface area contributed by atoms with Gasteiger partial charge in [-0.1, -0.05) is 33.6 Å². The number of nitrogens with one attached hydrogen (secondary N) is 3. The van der Waals surface area contributed by atoms with E-state index < -0.39 is 0 Å². The van der Waals surface area contributed by atoms with Gasteiger partial charge >= 0.3 is 0 Å². The van der Waals surface area contributed by atoms with Crippen molar-refractivity contribution in [1.29, 1.82) is 0 Å². The number of hydrogen-bond acceptors (Lipinski definition) is 4. The average Bonchev–Trinajstić information content (AvgIpc) is 2.61. The first-order valence-electron chi connectivity index (χ1n) is 9.69. The molecule has 0 spiro atoms. The zero-order valence-electron chi connectivity index (χ0n) is 17.4. The minimum absolute atomic E-state index is 0.0888. The largest absolute Gasteiger partial charge is 0.494 e. The smallest absolute Gasteiger partial charge is 0.220 e. The first kappa shape index (κ1) is 22.8. The molecule has 0 bridgehead atoms. The summed E-state index contributed by atoms with van der Waals surface area (Å²) in [5.74, 6) is 0.772. The van der Waals surface area contributed by atoms with E-state index in [0.29, 0.717) is 24.3 Å². The third-order valence-corrected chi connectivity index (χ3v) is 4.75. The lowest BCUT2D eigenvalue weighted by atomic mass is 9.88. The van der Waals surface area contributed by atoms with Gasteiger partial charge in [0.05, 0.1) is 12.8 Å². The first-order valence-corrected chi connectivity index (χ1v) is 9.69. The second kappa shape index (κ2) is 11.5. The van der Waals surface area contributed by atoms with Gasteiger partial charge in [0.2, 0.25) is 12.3 Å². The predicted molar refractivity (Wildman–Crippen MR) is 111 cm³/mol. The molecule has 0 aliphatic carbocycles. The molecule has 1 aromatic rings. The fourth-order valence-electron chi connectivity index (χ4n) is 2.51. The molecule has 1 unspecified atom stereocenters. The number of rotatable bonds is 12. The maximum Gasteiger partial charge on any atom is 0.220 e. The van der Waals surface area contributed by atoms with Crippen LogP contribution in [-0.4, -0.2) is 32.0 Å². The summed E-state index contributed by atoms with van der Waals surface area (Å²) in [7, 11) is 1.58. The number of ether oxygens (including phenoxy) is 1. The van der Waals surface area contributed by atoms with Crippen molar-refractivity contribution in [2.75, 3.05) is 24.3 Å². The molecule has 3 N–H and O–H groups in total. The summed E-state index contributed by atoms with van der Waals surface area (Å²) in [6.07, 6.45) is 5.31. The fraction of sp³-hybridized carbons (Fsp3) is 0.619. The summed E-state index contributed by atoms with van der Waals surface area (Å²) in [5, 5.41) is 9.04. The Labute approximate surface area is 163 Å². The van der Waals surface area contributed by atoms with E-state index >= 15 is 0 Å². The molecule has 0 radical (unpaired) electrons. The Morgan fingerprint density at radius 2 is 1.89 bits per heavy atom. The second-order valence-corrected chi connectivity index (χ2v) is 7.92. The van der Waals surface area contributed by atoms with Gasteiger partial charge in [-0.2, -0.15) is 0 Å². The Hall–Kier alpha value is -2.24. The minimum atomic E-state index is 0.0888. The highest BCUT2D eigenvalue weighted by Gasteiger charge is 2.21. The summed E-state index contributed by atoms with van der Waals surface area (Å²) in [5.41, 5.74) is 1.70. The lowest BCUT2D eigenvalue weighted by Gasteiger charge is -2.28. The maximum atomic E-state index is 11.9. The fourth-order valence-corrected chi connectivity index (χ4v) is 2.51. The number of carbonyl (C=O) groups is 2. The Balaban J connectivity index is 2.19. The number of hydrogen-bond donors (Lipinski definition) is 3. The molecule has 0 saturated carbocycles. The Morgan fingerprint density at radius 3 is 2.52 bits per heavy atom. The van der Waals surface area contributed by atoms with E-state index in [-0.39, 0.29) is 17.4 Å². The van der Waals surface area contributed by atoms with Crippen molar-refractivity contribution in [1.82, 2.24) is 5.32 Å². The Bertz CT molecular complexity index is 597. The van der Waals surface area contributed by atoms with Gasteiger partial charge < -0.3 is 20.7 Å². The topological polar surface area (TPSA) is 79.5 Å². The van der Waals surface area contributed by atoms with E-state index in [1.165, 1.54) is 0 Å². The zero-order valence-corrected chi connectivity index (χ0v) is 17.4. The summed E-state index contributed by atoms with van der Waals surface area (Å²) < 4.78 is 5.27. The van der Waals surface area contributed by atoms with Crippen molar-refractivity contribution >= 4 is 23.7 Å². The standard InChI is InChI=1S/C21H35N3O3/c1-16(21(2,3)4)24-20(26)10-8-6-7-9-13-22-17-11-12-18(23-15-25)19(14-17)27-5/h11-12,14-16,22H,6-10,13H2,1-5H3,(H,23,25)(H,24,26). The van der Waals surface area contributed by atoms with Gasteiger partial charge in [-0.25, -0.2) is 0 Å². The summed E-state index contributed by atoms with van der Waals surface area (Å²) in [6.45, 7) is 9.31. The monoisotopic (exact) mass is 377 g/mol. The van der Waals surface area contributed by atoms with Crippen LogP contribution in [0.2, 0.25) is 0 Å². The first-order chi connectivity index (χ1) is 12.8. The predicted octanol–water partition coefficient (Wildman–Crippen LogP) is 4.18. The molecule has 1 aromatic carbocycles. The van der Waals surface area contributed by atoms with Crippen molar-refractivity contribution in [3.8, 4) is 5.75 Å². The number of methoxy groups -OCH3 is 1. The van der Waals surface area contributed by atoms with E-state index in [0.717, 1.165) is 37.9 Å². The van der Waals surface area contributed by atoms with Crippen LogP contribution in [-0.2, 0) is 9.59 Å². The minimum Gasteiger partial charge on any atom is -0.494 e. The van der Waals surface area contributed by atoms with E-state index in [4.69, 9.17) is 4.74 Å². The maximum absolute atomic E-state index is 11.9. The number of carbonyl (C=O) groups excluding carboxylic acids is 2. The number of anilines is 2. The molecule has 152 valence electrons. The van der Waals surface area contributed by atoms with Gasteiger partial charge in [-0.3, -0.25) is 9.59 Å². The van der Waals surface area contributed by atoms with Crippen LogP contribution in [0.15, 0.2) is 18.2 Å². The molecule has 0 aliphatic heterocycles. The molecule has 0 fully saturated rings. The van der Waals surface area contributed by atoms with Crippen molar-refractivity contribution in [2.24, 2.45) is 5.41 Å². The molecule has 0 aromatic heterocycles. The molecule has 2 amide bonds. The highest BCUT2D eigenvalue weighted by atomic mass is 16.5. The van der Waals surface area contributed by atoms with Gasteiger partial charge in [-0.15, -0.1) is 0 Å². The Morgan fingerprint density at radius 1 is 1.19 bits per heavy atom. The van der Waals surface area contributed by atoms with Gasteiger partial charge in [-0.05, 0) is 37.3 Å². The van der Waals surface area contributed by atoms with E-state index in [1.807, 2.05) is 18.2 Å². The van der Waals surface area contributed by atoms with E-state index in [9.17, 15) is 9.59 Å². The molecule has 6 nitrogen and oxygen atoms in total. The Kier molecular flexibility index (Phi) is 9.68. The molecule has 27 heavy (non-hydrogen) atoms. The number of unbranched alkanes of at least 4 members (excludes halogenated alkanes) is 3. The zero-order chi connectivity index (χ0) is 20.3. The summed E-state index contributed by atoms with van der Waals surface area (Å²) in [4.78, 5) is 22.5. The second-order valence-electron chi connectivity index (χ2n) is 7.92. The van der Waals surface area contributed by atoms with Crippen LogP contribution in [0.5, 0.6) is 5.75 Å². The molecule has 0 saturated heterocycles. The van der Waals surface area contributed by atoms with Crippen LogP contribution in [0, 0.1) is 5.41 Å². The van der Waals surface area contributed by atoms with Crippen LogP contribution in [0.3, 0.4) is 0 Å². The quantitative estimate of drug-likeness (QED) is 0.377. The van der Waals surface area contributed by atoms with Crippen LogP contribution in [0.1, 0.15) is 59.8 Å². The molecular weight excluding hydrogens is 342 g/mol. The summed E-state index contributed by atoms with van der Waals surface area (Å²) >= 11 is 0. The summed E-state index contributed by atoms with van der Waals surface area (Å²) in [6, 6.07) is 5.77. The molecule has 0 aliphatic rings. The molecule has 0 heterocycles. The van der Waals surface area contributed by atoms with Crippen molar-refractivity contribution < 1.29 is 14.3 Å². The number of benzene rings is 1. The van der Waals surface area contributed by atoms with Gasteiger partial charge in [0, 0.05) is 30.8 Å². The molecule has 1 atom stereocenters. The molecular formula is C21H35N3O3. The van der Waals surface area contributed by atoms with E-state index in [2.05, 4.69) is 43.6 Å². The normalized spacial score (nSPS) is 12.2. The van der Waals surface area contributed by atoms with E-state index in [1.54, 1.807) is 7.11 Å². The van der Waals surface area contributed by atoms with Gasteiger partial charge in [0.15, 0.2) is 0 Å². The highest BCUT2D eigenvalue weighted by Crippen LogP contribution is 2.27. The highest BCUT2D eigenvalue weighted by molar-refractivity contribution is 5.77. The van der Waals surface area contributed by atoms with Crippen LogP contribution < -0.4 is 20.7 Å². The van der Waals surface area contributed by atoms with Crippen molar-refractivity contribution in [3.63, 3.8) is 0 Å².